The van der Waals surface area contributed by atoms with Crippen molar-refractivity contribution < 1.29 is 0 Å². The number of aryl methyl sites for hydroxylation is 1. The Labute approximate surface area is 124 Å². The van der Waals surface area contributed by atoms with Gasteiger partial charge >= 0.3 is 0 Å². The van der Waals surface area contributed by atoms with Gasteiger partial charge in [-0.25, -0.2) is 0 Å². The first kappa shape index (κ1) is 11.9. The van der Waals surface area contributed by atoms with Crippen LogP contribution in [-0.2, 0) is 0 Å². The lowest BCUT2D eigenvalue weighted by Crippen LogP contribution is -1.96. The van der Waals surface area contributed by atoms with Gasteiger partial charge in [0.15, 0.2) is 4.77 Å². The predicted molar refractivity (Wildman–Crippen MR) is 85.9 cm³/mol. The highest BCUT2D eigenvalue weighted by Gasteiger charge is 2.08. The van der Waals surface area contributed by atoms with Crippen LogP contribution in [0.2, 0.25) is 0 Å². The van der Waals surface area contributed by atoms with Gasteiger partial charge in [0.05, 0.1) is 16.7 Å². The smallest absolute Gasteiger partial charge is 0.182 e. The summed E-state index contributed by atoms with van der Waals surface area (Å²) >= 11 is 7.75. The number of rotatable bonds is 1. The van der Waals surface area contributed by atoms with Gasteiger partial charge in [0.1, 0.15) is 0 Å². The monoisotopic (exact) mass is 366 g/mol. The lowest BCUT2D eigenvalue weighted by molar-refractivity contribution is 1.05. The molecule has 0 aliphatic carbocycles. The second-order valence-corrected chi connectivity index (χ2v) is 5.85. The molecular formula is C14H11IN2S. The average molecular weight is 366 g/mol. The van der Waals surface area contributed by atoms with Gasteiger partial charge in [0, 0.05) is 3.57 Å². The summed E-state index contributed by atoms with van der Waals surface area (Å²) in [7, 11) is 0. The lowest BCUT2D eigenvalue weighted by atomic mass is 10.2. The fourth-order valence-electron chi connectivity index (χ4n) is 2.14. The van der Waals surface area contributed by atoms with Crippen LogP contribution < -0.4 is 0 Å². The standard InChI is InChI=1S/C14H11IN2S/c1-9-4-2-3-5-12(9)17-13-7-6-10(15)8-11(13)16-14(17)18/h2-8H,1H3,(H,16,18). The zero-order valence-corrected chi connectivity index (χ0v) is 12.7. The normalized spacial score (nSPS) is 11.0. The third-order valence-corrected chi connectivity index (χ3v) is 3.96. The third kappa shape index (κ3) is 1.89. The lowest BCUT2D eigenvalue weighted by Gasteiger charge is -2.07. The van der Waals surface area contributed by atoms with Crippen LogP contribution in [0.3, 0.4) is 0 Å². The quantitative estimate of drug-likeness (QED) is 0.493. The zero-order valence-electron chi connectivity index (χ0n) is 9.77. The second-order valence-electron chi connectivity index (χ2n) is 4.21. The number of halogens is 1. The summed E-state index contributed by atoms with van der Waals surface area (Å²) in [5.41, 5.74) is 4.55. The number of aromatic nitrogens is 2. The number of para-hydroxylation sites is 1. The Morgan fingerprint density at radius 1 is 1.17 bits per heavy atom. The van der Waals surface area contributed by atoms with Gasteiger partial charge in [0.2, 0.25) is 0 Å². The minimum absolute atomic E-state index is 0.737. The first-order valence-corrected chi connectivity index (χ1v) is 7.12. The SMILES string of the molecule is Cc1ccccc1-n1c(=S)[nH]c2cc(I)ccc21. The van der Waals surface area contributed by atoms with E-state index in [0.29, 0.717) is 0 Å². The molecule has 0 radical (unpaired) electrons. The molecule has 2 aromatic carbocycles. The van der Waals surface area contributed by atoms with E-state index in [-0.39, 0.29) is 0 Å². The molecule has 0 fully saturated rings. The Morgan fingerprint density at radius 3 is 2.72 bits per heavy atom. The molecule has 0 atom stereocenters. The summed E-state index contributed by atoms with van der Waals surface area (Å²) in [5, 5.41) is 0. The summed E-state index contributed by atoms with van der Waals surface area (Å²) in [6, 6.07) is 14.6. The van der Waals surface area contributed by atoms with E-state index in [0.717, 1.165) is 21.5 Å². The van der Waals surface area contributed by atoms with Crippen molar-refractivity contribution in [2.75, 3.05) is 0 Å². The third-order valence-electron chi connectivity index (χ3n) is 3.00. The summed E-state index contributed by atoms with van der Waals surface area (Å²) in [5.74, 6) is 0. The van der Waals surface area contributed by atoms with Crippen molar-refractivity contribution in [2.45, 2.75) is 6.92 Å². The van der Waals surface area contributed by atoms with E-state index in [1.165, 1.54) is 9.13 Å². The van der Waals surface area contributed by atoms with Crippen molar-refractivity contribution >= 4 is 45.8 Å². The van der Waals surface area contributed by atoms with Crippen molar-refractivity contribution in [1.82, 2.24) is 9.55 Å². The fraction of sp³-hybridized carbons (Fsp3) is 0.0714. The maximum Gasteiger partial charge on any atom is 0.182 e. The molecule has 2 nitrogen and oxygen atoms in total. The molecule has 0 saturated carbocycles. The maximum atomic E-state index is 5.44. The van der Waals surface area contributed by atoms with E-state index in [9.17, 15) is 0 Å². The van der Waals surface area contributed by atoms with Crippen LogP contribution in [-0.4, -0.2) is 9.55 Å². The molecule has 18 heavy (non-hydrogen) atoms. The van der Waals surface area contributed by atoms with Crippen LogP contribution >= 0.6 is 34.8 Å². The first-order valence-electron chi connectivity index (χ1n) is 5.63. The summed E-state index contributed by atoms with van der Waals surface area (Å²) in [6.45, 7) is 2.10. The number of H-pyrrole nitrogens is 1. The van der Waals surface area contributed by atoms with Crippen molar-refractivity contribution in [3.8, 4) is 5.69 Å². The second kappa shape index (κ2) is 4.51. The van der Waals surface area contributed by atoms with Crippen molar-refractivity contribution in [3.05, 3.63) is 56.4 Å². The summed E-state index contributed by atoms with van der Waals surface area (Å²) in [6.07, 6.45) is 0. The van der Waals surface area contributed by atoms with E-state index in [2.05, 4.69) is 69.4 Å². The molecule has 0 aliphatic rings. The highest BCUT2D eigenvalue weighted by Crippen LogP contribution is 2.23. The average Bonchev–Trinajstić information content (AvgIpc) is 2.65. The Bertz CT molecular complexity index is 786. The van der Waals surface area contributed by atoms with Gasteiger partial charge in [-0.05, 0) is 71.6 Å². The van der Waals surface area contributed by atoms with E-state index >= 15 is 0 Å². The molecule has 3 aromatic rings. The molecule has 0 spiro atoms. The van der Waals surface area contributed by atoms with E-state index in [1.807, 2.05) is 12.1 Å². The number of benzene rings is 2. The molecule has 3 rings (SSSR count). The van der Waals surface area contributed by atoms with E-state index < -0.39 is 0 Å². The Balaban J connectivity index is 2.40. The molecule has 0 amide bonds. The molecule has 0 aliphatic heterocycles. The summed E-state index contributed by atoms with van der Waals surface area (Å²) in [4.78, 5) is 3.27. The number of nitrogens with one attached hydrogen (secondary N) is 1. The largest absolute Gasteiger partial charge is 0.330 e. The predicted octanol–water partition coefficient (Wildman–Crippen LogP) is 4.60. The number of hydrogen-bond acceptors (Lipinski definition) is 1. The molecule has 90 valence electrons. The minimum Gasteiger partial charge on any atom is -0.330 e. The Hall–Kier alpha value is -1.14. The van der Waals surface area contributed by atoms with Crippen LogP contribution in [0.25, 0.3) is 16.7 Å². The van der Waals surface area contributed by atoms with Gasteiger partial charge in [-0.1, -0.05) is 18.2 Å². The van der Waals surface area contributed by atoms with Gasteiger partial charge < -0.3 is 4.98 Å². The highest BCUT2D eigenvalue weighted by molar-refractivity contribution is 14.1. The van der Waals surface area contributed by atoms with Crippen LogP contribution in [0.4, 0.5) is 0 Å². The molecule has 1 heterocycles. The van der Waals surface area contributed by atoms with Crippen LogP contribution in [0.15, 0.2) is 42.5 Å². The minimum atomic E-state index is 0.737. The van der Waals surface area contributed by atoms with Gasteiger partial charge in [-0.3, -0.25) is 4.57 Å². The number of hydrogen-bond donors (Lipinski definition) is 1. The molecule has 1 aromatic heterocycles. The molecule has 4 heteroatoms. The molecule has 0 unspecified atom stereocenters. The molecular weight excluding hydrogens is 355 g/mol. The molecule has 0 bridgehead atoms. The zero-order chi connectivity index (χ0) is 12.7. The first-order chi connectivity index (χ1) is 8.66. The number of aromatic amines is 1. The molecule has 1 N–H and O–H groups in total. The van der Waals surface area contributed by atoms with Crippen LogP contribution in [0, 0.1) is 15.3 Å². The van der Waals surface area contributed by atoms with E-state index in [4.69, 9.17) is 12.2 Å². The van der Waals surface area contributed by atoms with E-state index in [1.54, 1.807) is 0 Å². The topological polar surface area (TPSA) is 20.7 Å². The van der Waals surface area contributed by atoms with Gasteiger partial charge in [-0.15, -0.1) is 0 Å². The number of nitrogens with zero attached hydrogens (tertiary/aromatic N) is 1. The maximum absolute atomic E-state index is 5.44. The Morgan fingerprint density at radius 2 is 1.94 bits per heavy atom. The van der Waals surface area contributed by atoms with Gasteiger partial charge in [0.25, 0.3) is 0 Å². The molecule has 0 saturated heterocycles. The number of imidazole rings is 1. The highest BCUT2D eigenvalue weighted by atomic mass is 127. The van der Waals surface area contributed by atoms with Crippen LogP contribution in [0.1, 0.15) is 5.56 Å². The summed E-state index contributed by atoms with van der Waals surface area (Å²) < 4.78 is 4.03. The van der Waals surface area contributed by atoms with Crippen molar-refractivity contribution in [2.24, 2.45) is 0 Å². The Kier molecular flexibility index (Phi) is 2.99. The van der Waals surface area contributed by atoms with Crippen LogP contribution in [0.5, 0.6) is 0 Å². The van der Waals surface area contributed by atoms with Crippen molar-refractivity contribution in [3.63, 3.8) is 0 Å². The fourth-order valence-corrected chi connectivity index (χ4v) is 2.94. The number of fused-ring (bicyclic) bond motifs is 1. The van der Waals surface area contributed by atoms with Gasteiger partial charge in [-0.2, -0.15) is 0 Å². The van der Waals surface area contributed by atoms with Crippen molar-refractivity contribution in [1.29, 1.82) is 0 Å².